The largest absolute Gasteiger partial charge is 0.492 e. The summed E-state index contributed by atoms with van der Waals surface area (Å²) in [6.45, 7) is 4.86. The third-order valence-electron chi connectivity index (χ3n) is 3.77. The van der Waals surface area contributed by atoms with Gasteiger partial charge in [0.25, 0.3) is 0 Å². The molecule has 5 nitrogen and oxygen atoms in total. The zero-order chi connectivity index (χ0) is 17.6. The number of halogens is 1. The van der Waals surface area contributed by atoms with Crippen molar-refractivity contribution in [2.75, 3.05) is 18.5 Å². The molecule has 0 aliphatic carbocycles. The van der Waals surface area contributed by atoms with E-state index in [1.807, 2.05) is 26.0 Å². The first kappa shape index (κ1) is 16.8. The van der Waals surface area contributed by atoms with Gasteiger partial charge in [0.1, 0.15) is 24.0 Å². The van der Waals surface area contributed by atoms with E-state index in [1.54, 1.807) is 24.5 Å². The van der Waals surface area contributed by atoms with Crippen LogP contribution in [0.15, 0.2) is 48.8 Å². The molecule has 0 aliphatic rings. The summed E-state index contributed by atoms with van der Waals surface area (Å²) in [5.41, 5.74) is 2.76. The summed E-state index contributed by atoms with van der Waals surface area (Å²) in [7, 11) is 0. The van der Waals surface area contributed by atoms with Gasteiger partial charge in [-0.1, -0.05) is 6.07 Å². The minimum absolute atomic E-state index is 0.311. The molecule has 2 heterocycles. The number of anilines is 1. The number of rotatable bonds is 6. The number of hydrogen-bond donors (Lipinski definition) is 1. The van der Waals surface area contributed by atoms with Gasteiger partial charge in [0, 0.05) is 35.3 Å². The smallest absolute Gasteiger partial charge is 0.163 e. The summed E-state index contributed by atoms with van der Waals surface area (Å²) in [4.78, 5) is 13.2. The van der Waals surface area contributed by atoms with E-state index in [0.29, 0.717) is 24.7 Å². The summed E-state index contributed by atoms with van der Waals surface area (Å²) in [6.07, 6.45) is 3.45. The van der Waals surface area contributed by atoms with Crippen molar-refractivity contribution in [1.82, 2.24) is 15.0 Å². The van der Waals surface area contributed by atoms with Crippen molar-refractivity contribution in [3.63, 3.8) is 0 Å². The number of ether oxygens (including phenoxy) is 1. The molecule has 0 saturated heterocycles. The molecule has 0 amide bonds. The molecule has 1 aromatic carbocycles. The van der Waals surface area contributed by atoms with Gasteiger partial charge in [-0.2, -0.15) is 0 Å². The van der Waals surface area contributed by atoms with Crippen molar-refractivity contribution >= 4 is 5.82 Å². The monoisotopic (exact) mass is 338 g/mol. The van der Waals surface area contributed by atoms with Crippen LogP contribution < -0.4 is 10.1 Å². The van der Waals surface area contributed by atoms with Crippen LogP contribution in [0, 0.1) is 19.7 Å². The van der Waals surface area contributed by atoms with E-state index in [4.69, 9.17) is 4.74 Å². The van der Waals surface area contributed by atoms with Crippen molar-refractivity contribution in [2.45, 2.75) is 13.8 Å². The molecule has 2 aromatic heterocycles. The fraction of sp³-hybridized carbons (Fsp3) is 0.211. The van der Waals surface area contributed by atoms with Gasteiger partial charge in [0.2, 0.25) is 0 Å². The molecular formula is C19H19FN4O. The van der Waals surface area contributed by atoms with Crippen LogP contribution in [0.2, 0.25) is 0 Å². The molecule has 0 atom stereocenters. The molecule has 3 aromatic rings. The van der Waals surface area contributed by atoms with E-state index in [-0.39, 0.29) is 5.82 Å². The lowest BCUT2D eigenvalue weighted by atomic mass is 10.2. The standard InChI is InChI=1S/C19H19FN4O/c1-13-14(2)23-19(15-5-4-8-21-12-15)24-18(13)22-9-10-25-17-7-3-6-16(20)11-17/h3-8,11-12H,9-10H2,1-2H3,(H,22,23,24). The Balaban J connectivity index is 1.66. The zero-order valence-electron chi connectivity index (χ0n) is 14.2. The summed E-state index contributed by atoms with van der Waals surface area (Å²) < 4.78 is 18.7. The number of nitrogens with one attached hydrogen (secondary N) is 1. The summed E-state index contributed by atoms with van der Waals surface area (Å²) in [5.74, 6) is 1.58. The number of benzene rings is 1. The maximum absolute atomic E-state index is 13.1. The highest BCUT2D eigenvalue weighted by Gasteiger charge is 2.09. The second-order valence-electron chi connectivity index (χ2n) is 5.58. The molecule has 128 valence electrons. The maximum Gasteiger partial charge on any atom is 0.163 e. The van der Waals surface area contributed by atoms with Crippen LogP contribution in [0.25, 0.3) is 11.4 Å². The van der Waals surface area contributed by atoms with Gasteiger partial charge in [0.15, 0.2) is 5.82 Å². The van der Waals surface area contributed by atoms with E-state index < -0.39 is 0 Å². The lowest BCUT2D eigenvalue weighted by Gasteiger charge is -2.13. The Morgan fingerprint density at radius 3 is 2.76 bits per heavy atom. The molecule has 0 radical (unpaired) electrons. The molecule has 0 bridgehead atoms. The van der Waals surface area contributed by atoms with E-state index >= 15 is 0 Å². The fourth-order valence-electron chi connectivity index (χ4n) is 2.32. The van der Waals surface area contributed by atoms with E-state index in [1.165, 1.54) is 12.1 Å². The molecule has 0 aliphatic heterocycles. The van der Waals surface area contributed by atoms with Crippen LogP contribution in [0.4, 0.5) is 10.2 Å². The zero-order valence-corrected chi connectivity index (χ0v) is 14.2. The van der Waals surface area contributed by atoms with Crippen LogP contribution in [0.5, 0.6) is 5.75 Å². The number of nitrogens with zero attached hydrogens (tertiary/aromatic N) is 3. The SMILES string of the molecule is Cc1nc(-c2cccnc2)nc(NCCOc2cccc(F)c2)c1C. The van der Waals surface area contributed by atoms with Gasteiger partial charge in [0.05, 0.1) is 6.54 Å². The molecule has 0 spiro atoms. The Labute approximate surface area is 145 Å². The van der Waals surface area contributed by atoms with Crippen LogP contribution >= 0.6 is 0 Å². The van der Waals surface area contributed by atoms with Gasteiger partial charge in [-0.05, 0) is 38.1 Å². The van der Waals surface area contributed by atoms with E-state index in [2.05, 4.69) is 20.3 Å². The maximum atomic E-state index is 13.1. The van der Waals surface area contributed by atoms with Gasteiger partial charge in [-0.15, -0.1) is 0 Å². The minimum Gasteiger partial charge on any atom is -0.492 e. The second kappa shape index (κ2) is 7.70. The van der Waals surface area contributed by atoms with Crippen molar-refractivity contribution < 1.29 is 9.13 Å². The summed E-state index contributed by atoms with van der Waals surface area (Å²) in [5, 5.41) is 3.26. The summed E-state index contributed by atoms with van der Waals surface area (Å²) >= 11 is 0. The average Bonchev–Trinajstić information content (AvgIpc) is 2.63. The molecule has 6 heteroatoms. The molecule has 0 unspecified atom stereocenters. The van der Waals surface area contributed by atoms with Gasteiger partial charge in [-0.25, -0.2) is 14.4 Å². The van der Waals surface area contributed by atoms with Gasteiger partial charge in [-0.3, -0.25) is 4.98 Å². The topological polar surface area (TPSA) is 59.9 Å². The van der Waals surface area contributed by atoms with E-state index in [9.17, 15) is 4.39 Å². The Morgan fingerprint density at radius 2 is 2.00 bits per heavy atom. The van der Waals surface area contributed by atoms with Crippen LogP contribution in [-0.2, 0) is 0 Å². The highest BCUT2D eigenvalue weighted by Crippen LogP contribution is 2.21. The molecular weight excluding hydrogens is 319 g/mol. The van der Waals surface area contributed by atoms with Crippen molar-refractivity contribution in [1.29, 1.82) is 0 Å². The Morgan fingerprint density at radius 1 is 1.12 bits per heavy atom. The van der Waals surface area contributed by atoms with E-state index in [0.717, 1.165) is 22.6 Å². The first-order valence-electron chi connectivity index (χ1n) is 8.01. The predicted molar refractivity (Wildman–Crippen MR) is 95.1 cm³/mol. The normalized spacial score (nSPS) is 10.5. The highest BCUT2D eigenvalue weighted by atomic mass is 19.1. The van der Waals surface area contributed by atoms with Crippen LogP contribution in [0.3, 0.4) is 0 Å². The number of aromatic nitrogens is 3. The third-order valence-corrected chi connectivity index (χ3v) is 3.77. The first-order valence-corrected chi connectivity index (χ1v) is 8.01. The quantitative estimate of drug-likeness (QED) is 0.693. The summed E-state index contributed by atoms with van der Waals surface area (Å²) in [6, 6.07) is 9.88. The lowest BCUT2D eigenvalue weighted by Crippen LogP contribution is -2.14. The Kier molecular flexibility index (Phi) is 5.18. The molecule has 0 fully saturated rings. The molecule has 3 rings (SSSR count). The van der Waals surface area contributed by atoms with Crippen molar-refractivity contribution in [3.05, 3.63) is 65.9 Å². The molecule has 25 heavy (non-hydrogen) atoms. The first-order chi connectivity index (χ1) is 12.1. The minimum atomic E-state index is -0.311. The van der Waals surface area contributed by atoms with Gasteiger partial charge < -0.3 is 10.1 Å². The Hall–Kier alpha value is -3.02. The number of aryl methyl sites for hydroxylation is 1. The molecule has 0 saturated carbocycles. The second-order valence-corrected chi connectivity index (χ2v) is 5.58. The van der Waals surface area contributed by atoms with Crippen molar-refractivity contribution in [2.24, 2.45) is 0 Å². The molecule has 1 N–H and O–H groups in total. The lowest BCUT2D eigenvalue weighted by molar-refractivity contribution is 0.331. The average molecular weight is 338 g/mol. The third kappa shape index (κ3) is 4.29. The fourth-order valence-corrected chi connectivity index (χ4v) is 2.32. The highest BCUT2D eigenvalue weighted by molar-refractivity contribution is 5.58. The number of pyridine rings is 1. The van der Waals surface area contributed by atoms with Crippen molar-refractivity contribution in [3.8, 4) is 17.1 Å². The Bertz CT molecular complexity index is 855. The predicted octanol–water partition coefficient (Wildman–Crippen LogP) is 3.79. The van der Waals surface area contributed by atoms with Crippen LogP contribution in [-0.4, -0.2) is 28.1 Å². The van der Waals surface area contributed by atoms with Gasteiger partial charge >= 0.3 is 0 Å². The number of hydrogen-bond acceptors (Lipinski definition) is 5. The van der Waals surface area contributed by atoms with Crippen LogP contribution in [0.1, 0.15) is 11.3 Å².